The molecule has 0 bridgehead atoms. The largest absolute Gasteiger partial charge is 0.451 e. The molecule has 0 amide bonds. The van der Waals surface area contributed by atoms with Crippen LogP contribution in [-0.2, 0) is 14.2 Å². The normalized spacial score (nSPS) is 21.8. The van der Waals surface area contributed by atoms with Gasteiger partial charge < -0.3 is 14.2 Å². The molecule has 1 fully saturated rings. The lowest BCUT2D eigenvalue weighted by atomic mass is 10.0. The molecule has 202 valence electrons. The highest BCUT2D eigenvalue weighted by Crippen LogP contribution is 2.44. The van der Waals surface area contributed by atoms with Crippen molar-refractivity contribution in [3.8, 4) is 5.82 Å². The highest BCUT2D eigenvalue weighted by molar-refractivity contribution is 5.90. The van der Waals surface area contributed by atoms with Crippen molar-refractivity contribution < 1.29 is 23.8 Å². The average Bonchev–Trinajstić information content (AvgIpc) is 3.62. The van der Waals surface area contributed by atoms with Crippen molar-refractivity contribution in [2.24, 2.45) is 5.11 Å². The zero-order valence-electron chi connectivity index (χ0n) is 21.2. The molecule has 0 N–H and O–H groups in total. The maximum atomic E-state index is 13.2. The van der Waals surface area contributed by atoms with E-state index in [1.54, 1.807) is 73.8 Å². The first kappa shape index (κ1) is 26.4. The number of benzene rings is 2. The number of esters is 2. The number of rotatable bonds is 8. The first-order valence-electron chi connectivity index (χ1n) is 12.3. The Balaban J connectivity index is 1.59. The number of nitrogens with zero attached hydrogens (tertiary/aromatic N) is 7. The minimum absolute atomic E-state index is 0.0228. The fourth-order valence-corrected chi connectivity index (χ4v) is 4.41. The molecule has 0 aliphatic carbocycles. The minimum atomic E-state index is -1.81. The third-order valence-corrected chi connectivity index (χ3v) is 6.42. The summed E-state index contributed by atoms with van der Waals surface area (Å²) in [4.78, 5) is 50.5. The highest BCUT2D eigenvalue weighted by Gasteiger charge is 2.59. The second-order valence-electron chi connectivity index (χ2n) is 8.77. The van der Waals surface area contributed by atoms with Crippen LogP contribution in [0.15, 0.2) is 102 Å². The Kier molecular flexibility index (Phi) is 7.40. The van der Waals surface area contributed by atoms with E-state index in [0.717, 1.165) is 4.57 Å². The Morgan fingerprint density at radius 1 is 1.02 bits per heavy atom. The van der Waals surface area contributed by atoms with Crippen molar-refractivity contribution in [1.29, 1.82) is 0 Å². The summed E-state index contributed by atoms with van der Waals surface area (Å²) in [6.07, 6.45) is 1.88. The smallest absolute Gasteiger partial charge is 0.351 e. The van der Waals surface area contributed by atoms with Gasteiger partial charge >= 0.3 is 17.6 Å². The second kappa shape index (κ2) is 11.2. The van der Waals surface area contributed by atoms with E-state index in [4.69, 9.17) is 14.2 Å². The van der Waals surface area contributed by atoms with Crippen molar-refractivity contribution in [2.45, 2.75) is 37.5 Å². The summed E-state index contributed by atoms with van der Waals surface area (Å²) in [5, 5.41) is 3.84. The Morgan fingerprint density at radius 2 is 1.68 bits per heavy atom. The molecule has 2 aromatic carbocycles. The monoisotopic (exact) mass is 541 g/mol. The van der Waals surface area contributed by atoms with Crippen LogP contribution in [0, 0.1) is 0 Å². The van der Waals surface area contributed by atoms with Crippen LogP contribution in [0.2, 0.25) is 0 Å². The Bertz CT molecular complexity index is 1600. The van der Waals surface area contributed by atoms with Gasteiger partial charge in [0.1, 0.15) is 12.1 Å². The predicted octanol–water partition coefficient (Wildman–Crippen LogP) is 3.83. The predicted molar refractivity (Wildman–Crippen MR) is 139 cm³/mol. The quantitative estimate of drug-likeness (QED) is 0.141. The van der Waals surface area contributed by atoms with Gasteiger partial charge in [0.25, 0.3) is 0 Å². The number of carbonyl (C=O) groups is 2. The minimum Gasteiger partial charge on any atom is -0.451 e. The maximum absolute atomic E-state index is 13.2. The Labute approximate surface area is 227 Å². The molecular weight excluding hydrogens is 518 g/mol. The lowest BCUT2D eigenvalue weighted by Crippen LogP contribution is -2.46. The molecule has 1 aliphatic rings. The lowest BCUT2D eigenvalue weighted by Gasteiger charge is -2.29. The summed E-state index contributed by atoms with van der Waals surface area (Å²) >= 11 is 0. The molecule has 0 saturated carbocycles. The summed E-state index contributed by atoms with van der Waals surface area (Å²) in [5.41, 5.74) is 7.30. The van der Waals surface area contributed by atoms with Crippen LogP contribution in [0.5, 0.6) is 0 Å². The molecule has 0 unspecified atom stereocenters. The molecule has 1 aliphatic heterocycles. The van der Waals surface area contributed by atoms with E-state index >= 15 is 0 Å². The molecule has 40 heavy (non-hydrogen) atoms. The van der Waals surface area contributed by atoms with Gasteiger partial charge in [0, 0.05) is 23.5 Å². The van der Waals surface area contributed by atoms with Crippen molar-refractivity contribution in [2.75, 3.05) is 0 Å². The summed E-state index contributed by atoms with van der Waals surface area (Å²) in [6, 6.07) is 17.8. The van der Waals surface area contributed by atoms with Gasteiger partial charge in [-0.2, -0.15) is 4.98 Å². The Morgan fingerprint density at radius 3 is 2.23 bits per heavy atom. The second-order valence-corrected chi connectivity index (χ2v) is 8.77. The van der Waals surface area contributed by atoms with Crippen LogP contribution in [0.4, 0.5) is 0 Å². The van der Waals surface area contributed by atoms with Crippen LogP contribution in [0.25, 0.3) is 16.3 Å². The maximum Gasteiger partial charge on any atom is 0.351 e. The summed E-state index contributed by atoms with van der Waals surface area (Å²) in [5.74, 6) is -1.23. The Hall–Kier alpha value is -5.26. The van der Waals surface area contributed by atoms with Crippen LogP contribution < -0.4 is 5.69 Å². The van der Waals surface area contributed by atoms with Gasteiger partial charge in [-0.05, 0) is 42.3 Å². The van der Waals surface area contributed by atoms with E-state index in [0.29, 0.717) is 5.82 Å². The number of azide groups is 1. The third kappa shape index (κ3) is 5.06. The SMILES string of the molecule is CC[C@@]1(N=[N+]=[N-])O[C@@H](n2ccc(-n3ccnc3)nc2=O)[C@H](OC(=O)c2ccccc2)[C@@H]1OC(=O)c1ccccc1. The van der Waals surface area contributed by atoms with Gasteiger partial charge in [-0.25, -0.2) is 19.4 Å². The molecule has 3 heterocycles. The highest BCUT2D eigenvalue weighted by atomic mass is 16.7. The number of carbonyl (C=O) groups excluding carboxylic acids is 2. The summed E-state index contributed by atoms with van der Waals surface area (Å²) in [7, 11) is 0. The number of ether oxygens (including phenoxy) is 3. The van der Waals surface area contributed by atoms with E-state index in [-0.39, 0.29) is 17.5 Å². The van der Waals surface area contributed by atoms with E-state index < -0.39 is 41.8 Å². The molecule has 13 heteroatoms. The number of aromatic nitrogens is 4. The van der Waals surface area contributed by atoms with Gasteiger partial charge in [0.2, 0.25) is 0 Å². The van der Waals surface area contributed by atoms with Crippen LogP contribution in [-0.4, -0.2) is 49.0 Å². The third-order valence-electron chi connectivity index (χ3n) is 6.42. The van der Waals surface area contributed by atoms with Gasteiger partial charge in [-0.15, -0.1) is 0 Å². The fourth-order valence-electron chi connectivity index (χ4n) is 4.41. The van der Waals surface area contributed by atoms with Crippen LogP contribution >= 0.6 is 0 Å². The first-order valence-corrected chi connectivity index (χ1v) is 12.3. The molecular formula is C27H23N7O6. The van der Waals surface area contributed by atoms with Crippen LogP contribution in [0.3, 0.4) is 0 Å². The fraction of sp³-hybridized carbons (Fsp3) is 0.222. The molecule has 1 saturated heterocycles. The van der Waals surface area contributed by atoms with Crippen LogP contribution in [0.1, 0.15) is 40.3 Å². The lowest BCUT2D eigenvalue weighted by molar-refractivity contribution is -0.106. The van der Waals surface area contributed by atoms with Gasteiger partial charge in [-0.1, -0.05) is 48.4 Å². The number of hydrogen-bond donors (Lipinski definition) is 0. The van der Waals surface area contributed by atoms with E-state index in [9.17, 15) is 19.9 Å². The average molecular weight is 542 g/mol. The van der Waals surface area contributed by atoms with Crippen molar-refractivity contribution in [3.05, 3.63) is 124 Å². The standard InChI is InChI=1S/C27H23N7O6/c1-2-27(31-32-28)22(39-25(36)19-11-7-4-8-12-19)21(38-24(35)18-9-5-3-6-10-18)23(40-27)34-15-13-20(30-26(34)37)33-16-14-29-17-33/h3-17,21-23H,2H2,1H3/t21-,22+,23-,27-/m1/s1. The summed E-state index contributed by atoms with van der Waals surface area (Å²) in [6.45, 7) is 1.65. The van der Waals surface area contributed by atoms with Gasteiger partial charge in [0.15, 0.2) is 24.2 Å². The molecule has 13 nitrogen and oxygen atoms in total. The van der Waals surface area contributed by atoms with Crippen molar-refractivity contribution >= 4 is 11.9 Å². The zero-order chi connectivity index (χ0) is 28.1. The molecule has 0 radical (unpaired) electrons. The molecule has 4 aromatic rings. The van der Waals surface area contributed by atoms with E-state index in [1.165, 1.54) is 29.4 Å². The molecule has 2 aromatic heterocycles. The number of imidazole rings is 1. The van der Waals surface area contributed by atoms with E-state index in [1.807, 2.05) is 0 Å². The molecule has 0 spiro atoms. The van der Waals surface area contributed by atoms with Crippen molar-refractivity contribution in [1.82, 2.24) is 19.1 Å². The number of hydrogen-bond acceptors (Lipinski definition) is 9. The zero-order valence-corrected chi connectivity index (χ0v) is 21.2. The van der Waals surface area contributed by atoms with Gasteiger partial charge in [-0.3, -0.25) is 9.13 Å². The summed E-state index contributed by atoms with van der Waals surface area (Å²) < 4.78 is 20.5. The molecule has 5 rings (SSSR count). The topological polar surface area (TPSA) is 163 Å². The van der Waals surface area contributed by atoms with Crippen molar-refractivity contribution in [3.63, 3.8) is 0 Å². The molecule has 4 atom stereocenters. The first-order chi connectivity index (χ1) is 19.5. The van der Waals surface area contributed by atoms with E-state index in [2.05, 4.69) is 20.0 Å². The van der Waals surface area contributed by atoms with Gasteiger partial charge in [0.05, 0.1) is 11.1 Å².